The summed E-state index contributed by atoms with van der Waals surface area (Å²) in [6.45, 7) is 7.15. The zero-order chi connectivity index (χ0) is 19.2. The van der Waals surface area contributed by atoms with Crippen molar-refractivity contribution >= 4 is 29.4 Å². The maximum Gasteiger partial charge on any atom is 0.408 e. The van der Waals surface area contributed by atoms with Gasteiger partial charge in [0, 0.05) is 19.2 Å². The zero-order valence-electron chi connectivity index (χ0n) is 15.6. The van der Waals surface area contributed by atoms with Crippen LogP contribution in [-0.4, -0.2) is 43.4 Å². The van der Waals surface area contributed by atoms with Crippen molar-refractivity contribution in [2.45, 2.75) is 51.3 Å². The molecule has 0 bridgehead atoms. The molecule has 2 atom stereocenters. The second-order valence-electron chi connectivity index (χ2n) is 6.78. The van der Waals surface area contributed by atoms with E-state index in [1.807, 2.05) is 43.1 Å². The normalized spacial score (nSPS) is 13.6. The largest absolute Gasteiger partial charge is 0.467 e. The van der Waals surface area contributed by atoms with Gasteiger partial charge in [-0.2, -0.15) is 0 Å². The van der Waals surface area contributed by atoms with Gasteiger partial charge in [-0.05, 0) is 45.4 Å². The molecule has 1 N–H and O–H groups in total. The van der Waals surface area contributed by atoms with Gasteiger partial charge in [0.1, 0.15) is 17.1 Å². The van der Waals surface area contributed by atoms with Crippen LogP contribution in [0.4, 0.5) is 10.5 Å². The lowest BCUT2D eigenvalue weighted by Gasteiger charge is -2.23. The van der Waals surface area contributed by atoms with Gasteiger partial charge in [0.15, 0.2) is 0 Å². The van der Waals surface area contributed by atoms with E-state index in [1.165, 1.54) is 7.11 Å². The monoisotopic (exact) mass is 370 g/mol. The van der Waals surface area contributed by atoms with E-state index in [2.05, 4.69) is 5.32 Å². The maximum atomic E-state index is 12.0. The van der Waals surface area contributed by atoms with Crippen LogP contribution in [0, 0.1) is 0 Å². The molecule has 0 heterocycles. The number of hydrogen-bond acceptors (Lipinski definition) is 5. The Kier molecular flexibility index (Phi) is 7.55. The highest BCUT2D eigenvalue weighted by molar-refractivity contribution is 6.21. The lowest BCUT2D eigenvalue weighted by Crippen LogP contribution is -2.45. The van der Waals surface area contributed by atoms with Gasteiger partial charge in [0.05, 0.1) is 7.11 Å². The van der Waals surface area contributed by atoms with E-state index in [0.29, 0.717) is 6.42 Å². The molecule has 25 heavy (non-hydrogen) atoms. The Labute approximate surface area is 154 Å². The summed E-state index contributed by atoms with van der Waals surface area (Å²) in [6.07, 6.45) is -0.359. The smallest absolute Gasteiger partial charge is 0.408 e. The number of ether oxygens (including phenoxy) is 2. The number of carbonyl (C=O) groups excluding carboxylic acids is 2. The average Bonchev–Trinajstić information content (AvgIpc) is 2.51. The van der Waals surface area contributed by atoms with Crippen molar-refractivity contribution in [3.63, 3.8) is 0 Å². The zero-order valence-corrected chi connectivity index (χ0v) is 16.4. The molecular weight excluding hydrogens is 344 g/mol. The molecule has 1 aromatic carbocycles. The van der Waals surface area contributed by atoms with Crippen LogP contribution in [0.3, 0.4) is 0 Å². The van der Waals surface area contributed by atoms with Crippen molar-refractivity contribution in [1.29, 1.82) is 0 Å². The number of alkyl carbamates (subject to hydrolysis) is 1. The van der Waals surface area contributed by atoms with Crippen LogP contribution < -0.4 is 10.2 Å². The fourth-order valence-electron chi connectivity index (χ4n) is 2.09. The van der Waals surface area contributed by atoms with Crippen molar-refractivity contribution in [2.24, 2.45) is 0 Å². The number of nitrogens with zero attached hydrogens (tertiary/aromatic N) is 1. The molecule has 1 rings (SSSR count). The first-order valence-electron chi connectivity index (χ1n) is 8.06. The molecule has 0 aliphatic rings. The molecule has 0 aliphatic carbocycles. The Balaban J connectivity index is 2.82. The standard InChI is InChI=1S/C18H27ClN2O4/c1-12(19)21(5)14-9-7-13(8-10-14)11-15(16(22)24-6)20-17(23)25-18(2,3)4/h7-10,12,15H,11H2,1-6H3,(H,20,23). The number of carbonyl (C=O) groups is 2. The summed E-state index contributed by atoms with van der Waals surface area (Å²) in [6, 6.07) is 6.78. The fourth-order valence-corrected chi connectivity index (χ4v) is 2.21. The van der Waals surface area contributed by atoms with E-state index in [1.54, 1.807) is 20.8 Å². The number of methoxy groups -OCH3 is 1. The summed E-state index contributed by atoms with van der Waals surface area (Å²) in [5.41, 5.74) is 1.06. The molecule has 0 saturated heterocycles. The van der Waals surface area contributed by atoms with Gasteiger partial charge in [-0.25, -0.2) is 9.59 Å². The molecule has 0 radical (unpaired) electrons. The highest BCUT2D eigenvalue weighted by atomic mass is 35.5. The Hall–Kier alpha value is -1.95. The first-order valence-corrected chi connectivity index (χ1v) is 8.50. The van der Waals surface area contributed by atoms with Crippen LogP contribution in [0.25, 0.3) is 0 Å². The third-order valence-corrected chi connectivity index (χ3v) is 3.79. The van der Waals surface area contributed by atoms with Crippen LogP contribution >= 0.6 is 11.6 Å². The van der Waals surface area contributed by atoms with E-state index in [0.717, 1.165) is 11.3 Å². The lowest BCUT2D eigenvalue weighted by molar-refractivity contribution is -0.143. The maximum absolute atomic E-state index is 12.0. The average molecular weight is 371 g/mol. The molecule has 0 spiro atoms. The van der Waals surface area contributed by atoms with Crippen LogP contribution in [0.5, 0.6) is 0 Å². The summed E-state index contributed by atoms with van der Waals surface area (Å²) in [7, 11) is 3.18. The minimum Gasteiger partial charge on any atom is -0.467 e. The number of nitrogens with one attached hydrogen (secondary N) is 1. The van der Waals surface area contributed by atoms with Crippen molar-refractivity contribution in [1.82, 2.24) is 5.32 Å². The molecule has 0 fully saturated rings. The van der Waals surface area contributed by atoms with E-state index in [-0.39, 0.29) is 5.50 Å². The summed E-state index contributed by atoms with van der Waals surface area (Å²) in [5, 5.41) is 2.56. The summed E-state index contributed by atoms with van der Waals surface area (Å²) in [5.74, 6) is -0.526. The van der Waals surface area contributed by atoms with Crippen molar-refractivity contribution in [3.05, 3.63) is 29.8 Å². The summed E-state index contributed by atoms with van der Waals surface area (Å²) < 4.78 is 9.97. The third kappa shape index (κ3) is 7.22. The molecule has 140 valence electrons. The topological polar surface area (TPSA) is 67.9 Å². The number of hydrogen-bond donors (Lipinski definition) is 1. The van der Waals surface area contributed by atoms with E-state index < -0.39 is 23.7 Å². The minimum atomic E-state index is -0.824. The third-order valence-electron chi connectivity index (χ3n) is 3.49. The summed E-state index contributed by atoms with van der Waals surface area (Å²) >= 11 is 6.06. The number of rotatable bonds is 6. The predicted molar refractivity (Wildman–Crippen MR) is 99.0 cm³/mol. The van der Waals surface area contributed by atoms with Gasteiger partial charge in [-0.3, -0.25) is 0 Å². The molecule has 0 aromatic heterocycles. The second kappa shape index (κ2) is 8.94. The Morgan fingerprint density at radius 3 is 2.24 bits per heavy atom. The molecule has 1 amide bonds. The number of alkyl halides is 1. The van der Waals surface area contributed by atoms with Gasteiger partial charge in [-0.15, -0.1) is 0 Å². The van der Waals surface area contributed by atoms with Gasteiger partial charge in [0.2, 0.25) is 0 Å². The molecule has 0 aliphatic heterocycles. The molecule has 6 nitrogen and oxygen atoms in total. The van der Waals surface area contributed by atoms with Crippen molar-refractivity contribution in [3.8, 4) is 0 Å². The van der Waals surface area contributed by atoms with E-state index in [4.69, 9.17) is 21.1 Å². The Bertz CT molecular complexity index is 582. The molecule has 0 saturated carbocycles. The summed E-state index contributed by atoms with van der Waals surface area (Å²) in [4.78, 5) is 25.8. The molecule has 2 unspecified atom stereocenters. The van der Waals surface area contributed by atoms with E-state index >= 15 is 0 Å². The number of esters is 1. The fraction of sp³-hybridized carbons (Fsp3) is 0.556. The Morgan fingerprint density at radius 2 is 1.80 bits per heavy atom. The van der Waals surface area contributed by atoms with Gasteiger partial charge in [0.25, 0.3) is 0 Å². The van der Waals surface area contributed by atoms with E-state index in [9.17, 15) is 9.59 Å². The number of benzene rings is 1. The number of amides is 1. The minimum absolute atomic E-state index is 0.137. The van der Waals surface area contributed by atoms with Gasteiger partial charge >= 0.3 is 12.1 Å². The predicted octanol–water partition coefficient (Wildman–Crippen LogP) is 3.32. The highest BCUT2D eigenvalue weighted by Crippen LogP contribution is 2.18. The second-order valence-corrected chi connectivity index (χ2v) is 7.41. The molecular formula is C18H27ClN2O4. The van der Waals surface area contributed by atoms with Crippen LogP contribution in [0.15, 0.2) is 24.3 Å². The number of halogens is 1. The van der Waals surface area contributed by atoms with Crippen molar-refractivity contribution < 1.29 is 19.1 Å². The van der Waals surface area contributed by atoms with Gasteiger partial charge < -0.3 is 19.7 Å². The molecule has 1 aromatic rings. The highest BCUT2D eigenvalue weighted by Gasteiger charge is 2.25. The molecule has 7 heteroatoms. The number of anilines is 1. The lowest BCUT2D eigenvalue weighted by atomic mass is 10.1. The Morgan fingerprint density at radius 1 is 1.24 bits per heavy atom. The van der Waals surface area contributed by atoms with Crippen molar-refractivity contribution in [2.75, 3.05) is 19.1 Å². The first kappa shape index (κ1) is 21.1. The van der Waals surface area contributed by atoms with Crippen LogP contribution in [0.1, 0.15) is 33.3 Å². The quantitative estimate of drug-likeness (QED) is 0.472. The first-order chi connectivity index (χ1) is 11.5. The SMILES string of the molecule is COC(=O)C(Cc1ccc(N(C)C(C)Cl)cc1)NC(=O)OC(C)(C)C. The van der Waals surface area contributed by atoms with Crippen LogP contribution in [-0.2, 0) is 20.7 Å². The van der Waals surface area contributed by atoms with Gasteiger partial charge in [-0.1, -0.05) is 23.7 Å². The van der Waals surface area contributed by atoms with Crippen LogP contribution in [0.2, 0.25) is 0 Å².